The van der Waals surface area contributed by atoms with Crippen LogP contribution in [0.5, 0.6) is 5.88 Å². The van der Waals surface area contributed by atoms with Gasteiger partial charge in [-0.3, -0.25) is 4.72 Å². The van der Waals surface area contributed by atoms with E-state index in [1.54, 1.807) is 24.3 Å². The zero-order valence-corrected chi connectivity index (χ0v) is 12.6. The average Bonchev–Trinajstić information content (AvgIpc) is 2.47. The Hall–Kier alpha value is -2.12. The van der Waals surface area contributed by atoms with Crippen molar-refractivity contribution in [3.05, 3.63) is 47.7 Å². The van der Waals surface area contributed by atoms with Gasteiger partial charge in [0.05, 0.1) is 23.9 Å². The summed E-state index contributed by atoms with van der Waals surface area (Å²) in [5.41, 5.74) is 7.70. The molecule has 0 bridgehead atoms. The van der Waals surface area contributed by atoms with Crippen LogP contribution in [-0.2, 0) is 16.6 Å². The molecule has 7 heteroatoms. The second-order valence-corrected chi connectivity index (χ2v) is 6.17. The van der Waals surface area contributed by atoms with Crippen LogP contribution in [0.25, 0.3) is 0 Å². The van der Waals surface area contributed by atoms with Crippen molar-refractivity contribution in [2.45, 2.75) is 18.4 Å². The van der Waals surface area contributed by atoms with Crippen molar-refractivity contribution in [3.8, 4) is 5.88 Å². The van der Waals surface area contributed by atoms with Crippen LogP contribution in [0.2, 0.25) is 0 Å². The number of nitrogens with zero attached hydrogens (tertiary/aromatic N) is 1. The Balaban J connectivity index is 2.26. The highest BCUT2D eigenvalue weighted by Crippen LogP contribution is 2.19. The number of nitrogens with two attached hydrogens (primary N) is 1. The molecule has 0 amide bonds. The maximum atomic E-state index is 12.3. The van der Waals surface area contributed by atoms with Crippen molar-refractivity contribution in [1.29, 1.82) is 0 Å². The Labute approximate surface area is 124 Å². The summed E-state index contributed by atoms with van der Waals surface area (Å²) >= 11 is 0. The molecule has 6 nitrogen and oxygen atoms in total. The maximum absolute atomic E-state index is 12.3. The van der Waals surface area contributed by atoms with Crippen LogP contribution in [0.4, 0.5) is 5.69 Å². The van der Waals surface area contributed by atoms with Gasteiger partial charge in [0.1, 0.15) is 0 Å². The van der Waals surface area contributed by atoms with Gasteiger partial charge in [0.25, 0.3) is 10.0 Å². The molecule has 2 aromatic rings. The van der Waals surface area contributed by atoms with Gasteiger partial charge < -0.3 is 10.5 Å². The SMILES string of the molecule is COc1ccc(NS(=O)(=O)c2ccc(CN)c(C)c2)cn1. The number of aromatic nitrogens is 1. The van der Waals surface area contributed by atoms with E-state index in [1.807, 2.05) is 6.92 Å². The van der Waals surface area contributed by atoms with Crippen LogP contribution in [0.3, 0.4) is 0 Å². The highest BCUT2D eigenvalue weighted by atomic mass is 32.2. The predicted octanol–water partition coefficient (Wildman–Crippen LogP) is 1.66. The van der Waals surface area contributed by atoms with Gasteiger partial charge in [-0.05, 0) is 36.2 Å². The fraction of sp³-hybridized carbons (Fsp3) is 0.214. The summed E-state index contributed by atoms with van der Waals surface area (Å²) in [4.78, 5) is 4.14. The highest BCUT2D eigenvalue weighted by Gasteiger charge is 2.15. The molecule has 0 fully saturated rings. The Kier molecular flexibility index (Phi) is 4.44. The maximum Gasteiger partial charge on any atom is 0.261 e. The molecule has 0 atom stereocenters. The molecule has 0 radical (unpaired) electrons. The molecule has 0 aliphatic heterocycles. The van der Waals surface area contributed by atoms with Gasteiger partial charge >= 0.3 is 0 Å². The first-order valence-corrected chi connectivity index (χ1v) is 7.77. The van der Waals surface area contributed by atoms with E-state index in [9.17, 15) is 8.42 Å². The van der Waals surface area contributed by atoms with E-state index in [4.69, 9.17) is 10.5 Å². The number of anilines is 1. The van der Waals surface area contributed by atoms with Gasteiger partial charge in [-0.25, -0.2) is 13.4 Å². The summed E-state index contributed by atoms with van der Waals surface area (Å²) in [5.74, 6) is 0.418. The fourth-order valence-electron chi connectivity index (χ4n) is 1.84. The number of aryl methyl sites for hydroxylation is 1. The van der Waals surface area contributed by atoms with Crippen LogP contribution in [-0.4, -0.2) is 20.5 Å². The number of hydrogen-bond donors (Lipinski definition) is 2. The van der Waals surface area contributed by atoms with E-state index >= 15 is 0 Å². The molecule has 1 aromatic carbocycles. The van der Waals surface area contributed by atoms with E-state index in [1.165, 1.54) is 19.4 Å². The number of rotatable bonds is 5. The van der Waals surface area contributed by atoms with Crippen LogP contribution in [0, 0.1) is 6.92 Å². The molecule has 0 saturated heterocycles. The number of pyridine rings is 1. The Morgan fingerprint density at radius 2 is 2.05 bits per heavy atom. The van der Waals surface area contributed by atoms with E-state index in [2.05, 4.69) is 9.71 Å². The number of hydrogen-bond acceptors (Lipinski definition) is 5. The lowest BCUT2D eigenvalue weighted by Crippen LogP contribution is -2.14. The molecule has 2 rings (SSSR count). The van der Waals surface area contributed by atoms with Crippen LogP contribution >= 0.6 is 0 Å². The molecule has 112 valence electrons. The summed E-state index contributed by atoms with van der Waals surface area (Å²) in [5, 5.41) is 0. The average molecular weight is 307 g/mol. The van der Waals surface area contributed by atoms with E-state index in [0.717, 1.165) is 11.1 Å². The molecule has 1 aromatic heterocycles. The Bertz CT molecular complexity index is 728. The first kappa shape index (κ1) is 15.3. The lowest BCUT2D eigenvalue weighted by Gasteiger charge is -2.10. The third kappa shape index (κ3) is 3.50. The van der Waals surface area contributed by atoms with Gasteiger partial charge in [-0.15, -0.1) is 0 Å². The summed E-state index contributed by atoms with van der Waals surface area (Å²) in [6.45, 7) is 2.21. The minimum atomic E-state index is -3.65. The molecule has 0 spiro atoms. The predicted molar refractivity (Wildman–Crippen MR) is 80.7 cm³/mol. The van der Waals surface area contributed by atoms with Crippen LogP contribution in [0.15, 0.2) is 41.4 Å². The van der Waals surface area contributed by atoms with Crippen LogP contribution in [0.1, 0.15) is 11.1 Å². The zero-order chi connectivity index (χ0) is 15.5. The number of ether oxygens (including phenoxy) is 1. The van der Waals surface area contributed by atoms with Gasteiger partial charge in [-0.1, -0.05) is 6.07 Å². The molecule has 0 unspecified atom stereocenters. The Morgan fingerprint density at radius 3 is 2.57 bits per heavy atom. The van der Waals surface area contributed by atoms with E-state index in [-0.39, 0.29) is 4.90 Å². The molecular formula is C14H17N3O3S. The first-order chi connectivity index (χ1) is 9.96. The van der Waals surface area contributed by atoms with Crippen molar-refractivity contribution >= 4 is 15.7 Å². The lowest BCUT2D eigenvalue weighted by atomic mass is 10.1. The summed E-state index contributed by atoms with van der Waals surface area (Å²) in [6, 6.07) is 8.03. The third-order valence-electron chi connectivity index (χ3n) is 3.04. The quantitative estimate of drug-likeness (QED) is 0.876. The van der Waals surface area contributed by atoms with Crippen LogP contribution < -0.4 is 15.2 Å². The monoisotopic (exact) mass is 307 g/mol. The lowest BCUT2D eigenvalue weighted by molar-refractivity contribution is 0.398. The minimum absolute atomic E-state index is 0.188. The van der Waals surface area contributed by atoms with Gasteiger partial charge in [-0.2, -0.15) is 0 Å². The molecule has 0 aliphatic carbocycles. The Morgan fingerprint density at radius 1 is 1.29 bits per heavy atom. The minimum Gasteiger partial charge on any atom is -0.481 e. The van der Waals surface area contributed by atoms with E-state index < -0.39 is 10.0 Å². The molecule has 1 heterocycles. The van der Waals surface area contributed by atoms with Gasteiger partial charge in [0.2, 0.25) is 5.88 Å². The van der Waals surface area contributed by atoms with Crippen molar-refractivity contribution in [2.75, 3.05) is 11.8 Å². The zero-order valence-electron chi connectivity index (χ0n) is 11.8. The number of benzene rings is 1. The second-order valence-electron chi connectivity index (χ2n) is 4.49. The smallest absolute Gasteiger partial charge is 0.261 e. The van der Waals surface area contributed by atoms with Crippen molar-refractivity contribution < 1.29 is 13.2 Å². The standard InChI is InChI=1S/C14H17N3O3S/c1-10-7-13(5-3-11(10)8-15)21(18,19)17-12-4-6-14(20-2)16-9-12/h3-7,9,17H,8,15H2,1-2H3. The number of nitrogens with one attached hydrogen (secondary N) is 1. The number of methoxy groups -OCH3 is 1. The summed E-state index contributed by atoms with van der Waals surface area (Å²) in [6.07, 6.45) is 1.40. The second kappa shape index (κ2) is 6.11. The molecular weight excluding hydrogens is 290 g/mol. The summed E-state index contributed by atoms with van der Waals surface area (Å²) < 4.78 is 32.0. The van der Waals surface area contributed by atoms with Crippen molar-refractivity contribution in [2.24, 2.45) is 5.73 Å². The van der Waals surface area contributed by atoms with E-state index in [0.29, 0.717) is 18.1 Å². The molecule has 21 heavy (non-hydrogen) atoms. The summed E-state index contributed by atoms with van der Waals surface area (Å²) in [7, 11) is -2.16. The molecule has 0 aliphatic rings. The first-order valence-electron chi connectivity index (χ1n) is 6.28. The topological polar surface area (TPSA) is 94.3 Å². The van der Waals surface area contributed by atoms with Gasteiger partial charge in [0, 0.05) is 12.6 Å². The van der Waals surface area contributed by atoms with Gasteiger partial charge in [0.15, 0.2) is 0 Å². The normalized spacial score (nSPS) is 11.2. The van der Waals surface area contributed by atoms with Crippen molar-refractivity contribution in [3.63, 3.8) is 0 Å². The largest absolute Gasteiger partial charge is 0.481 e. The third-order valence-corrected chi connectivity index (χ3v) is 4.42. The fourth-order valence-corrected chi connectivity index (χ4v) is 2.97. The molecule has 0 saturated carbocycles. The highest BCUT2D eigenvalue weighted by molar-refractivity contribution is 7.92. The number of sulfonamides is 1. The molecule has 3 N–H and O–H groups in total. The van der Waals surface area contributed by atoms with Crippen molar-refractivity contribution in [1.82, 2.24) is 4.98 Å².